The molecule has 0 saturated heterocycles. The number of carbonyl (C=O) groups is 1. The topological polar surface area (TPSA) is 32.3 Å². The fraction of sp³-hybridized carbons (Fsp3) is 0.222. The van der Waals surface area contributed by atoms with Crippen molar-refractivity contribution in [3.8, 4) is 0 Å². The molecule has 0 radical (unpaired) electrons. The van der Waals surface area contributed by atoms with Gasteiger partial charge in [0.05, 0.1) is 5.69 Å². The molecule has 0 spiro atoms. The summed E-state index contributed by atoms with van der Waals surface area (Å²) in [5.41, 5.74) is 1.51. The number of amides is 2. The lowest BCUT2D eigenvalue weighted by molar-refractivity contribution is 0.218. The van der Waals surface area contributed by atoms with E-state index in [4.69, 9.17) is 0 Å². The predicted molar refractivity (Wildman–Crippen MR) is 46.9 cm³/mol. The maximum absolute atomic E-state index is 12.8. The van der Waals surface area contributed by atoms with Gasteiger partial charge >= 0.3 is 6.03 Å². The highest BCUT2D eigenvalue weighted by Gasteiger charge is 2.18. The number of anilines is 1. The molecular weight excluding hydrogens is 171 g/mol. The number of hydrogen-bond donors (Lipinski definition) is 1. The van der Waals surface area contributed by atoms with E-state index in [9.17, 15) is 9.18 Å². The summed E-state index contributed by atoms with van der Waals surface area (Å²) in [6.45, 7) is 0.529. The zero-order valence-electron chi connectivity index (χ0n) is 7.17. The smallest absolute Gasteiger partial charge is 0.321 e. The van der Waals surface area contributed by atoms with Crippen molar-refractivity contribution in [1.29, 1.82) is 0 Å². The van der Waals surface area contributed by atoms with Crippen LogP contribution >= 0.6 is 0 Å². The van der Waals surface area contributed by atoms with Crippen LogP contribution in [-0.4, -0.2) is 18.0 Å². The first-order valence-electron chi connectivity index (χ1n) is 3.97. The van der Waals surface area contributed by atoms with Gasteiger partial charge in [0.2, 0.25) is 0 Å². The number of hydrogen-bond acceptors (Lipinski definition) is 1. The lowest BCUT2D eigenvalue weighted by atomic mass is 10.1. The fourth-order valence-electron chi connectivity index (χ4n) is 1.34. The van der Waals surface area contributed by atoms with Crippen LogP contribution in [0, 0.1) is 5.82 Å². The molecule has 1 aliphatic heterocycles. The Hall–Kier alpha value is -1.58. The van der Waals surface area contributed by atoms with Crippen molar-refractivity contribution in [3.05, 3.63) is 29.6 Å². The Bertz CT molecular complexity index is 365. The van der Waals surface area contributed by atoms with Crippen LogP contribution in [0.25, 0.3) is 0 Å². The van der Waals surface area contributed by atoms with E-state index in [1.165, 1.54) is 12.1 Å². The Kier molecular flexibility index (Phi) is 1.69. The Balaban J connectivity index is 2.42. The second kappa shape index (κ2) is 2.73. The molecule has 3 nitrogen and oxygen atoms in total. The average molecular weight is 180 g/mol. The highest BCUT2D eigenvalue weighted by molar-refractivity contribution is 5.92. The molecule has 1 heterocycles. The number of rotatable bonds is 0. The molecule has 2 amide bonds. The van der Waals surface area contributed by atoms with Gasteiger partial charge in [-0.1, -0.05) is 6.07 Å². The molecule has 0 aliphatic carbocycles. The Morgan fingerprint density at radius 1 is 1.54 bits per heavy atom. The van der Waals surface area contributed by atoms with Crippen molar-refractivity contribution in [2.45, 2.75) is 6.54 Å². The van der Waals surface area contributed by atoms with Crippen molar-refractivity contribution in [3.63, 3.8) is 0 Å². The number of carbonyl (C=O) groups excluding carboxylic acids is 1. The summed E-state index contributed by atoms with van der Waals surface area (Å²) >= 11 is 0. The van der Waals surface area contributed by atoms with Crippen molar-refractivity contribution in [2.75, 3.05) is 12.4 Å². The maximum Gasteiger partial charge on any atom is 0.321 e. The molecule has 2 rings (SSSR count). The van der Waals surface area contributed by atoms with Crippen LogP contribution in [0.5, 0.6) is 0 Å². The van der Waals surface area contributed by atoms with E-state index in [2.05, 4.69) is 5.32 Å². The molecule has 4 heteroatoms. The van der Waals surface area contributed by atoms with E-state index in [1.54, 1.807) is 18.0 Å². The van der Waals surface area contributed by atoms with Crippen LogP contribution in [-0.2, 0) is 6.54 Å². The number of fused-ring (bicyclic) bond motifs is 1. The summed E-state index contributed by atoms with van der Waals surface area (Å²) < 4.78 is 12.8. The van der Waals surface area contributed by atoms with Gasteiger partial charge in [0.15, 0.2) is 0 Å². The van der Waals surface area contributed by atoms with Crippen molar-refractivity contribution < 1.29 is 9.18 Å². The van der Waals surface area contributed by atoms with Crippen molar-refractivity contribution in [1.82, 2.24) is 4.90 Å². The number of benzene rings is 1. The zero-order chi connectivity index (χ0) is 9.42. The van der Waals surface area contributed by atoms with E-state index in [1.807, 2.05) is 0 Å². The van der Waals surface area contributed by atoms with Gasteiger partial charge in [0.25, 0.3) is 0 Å². The summed E-state index contributed by atoms with van der Waals surface area (Å²) in [6.07, 6.45) is 0. The SMILES string of the molecule is CN1Cc2ccc(F)cc2NC1=O. The number of nitrogens with zero attached hydrogens (tertiary/aromatic N) is 1. The number of nitrogens with one attached hydrogen (secondary N) is 1. The highest BCUT2D eigenvalue weighted by Crippen LogP contribution is 2.22. The third-order valence-electron chi connectivity index (χ3n) is 2.07. The summed E-state index contributed by atoms with van der Waals surface area (Å²) in [6, 6.07) is 4.21. The molecule has 0 bridgehead atoms. The largest absolute Gasteiger partial charge is 0.323 e. The van der Waals surface area contributed by atoms with Gasteiger partial charge < -0.3 is 10.2 Å². The molecule has 1 N–H and O–H groups in total. The van der Waals surface area contributed by atoms with Gasteiger partial charge in [-0.3, -0.25) is 0 Å². The third kappa shape index (κ3) is 1.35. The summed E-state index contributed by atoms with van der Waals surface area (Å²) in [5, 5.41) is 2.60. The van der Waals surface area contributed by atoms with Gasteiger partial charge in [-0.2, -0.15) is 0 Å². The third-order valence-corrected chi connectivity index (χ3v) is 2.07. The van der Waals surface area contributed by atoms with Crippen LogP contribution < -0.4 is 5.32 Å². The van der Waals surface area contributed by atoms with Gasteiger partial charge in [-0.25, -0.2) is 9.18 Å². The summed E-state index contributed by atoms with van der Waals surface area (Å²) in [5.74, 6) is -0.330. The second-order valence-electron chi connectivity index (χ2n) is 3.09. The van der Waals surface area contributed by atoms with Crippen LogP contribution in [0.3, 0.4) is 0 Å². The van der Waals surface area contributed by atoms with Crippen molar-refractivity contribution in [2.24, 2.45) is 0 Å². The zero-order valence-corrected chi connectivity index (χ0v) is 7.17. The molecule has 0 aromatic heterocycles. The van der Waals surface area contributed by atoms with E-state index in [-0.39, 0.29) is 11.8 Å². The molecular formula is C9H9FN2O. The van der Waals surface area contributed by atoms with Crippen molar-refractivity contribution >= 4 is 11.7 Å². The first-order valence-corrected chi connectivity index (χ1v) is 3.97. The van der Waals surface area contributed by atoms with Gasteiger partial charge in [-0.15, -0.1) is 0 Å². The minimum absolute atomic E-state index is 0.196. The Morgan fingerprint density at radius 3 is 3.08 bits per heavy atom. The lowest BCUT2D eigenvalue weighted by Gasteiger charge is -2.25. The highest BCUT2D eigenvalue weighted by atomic mass is 19.1. The molecule has 1 aromatic rings. The minimum atomic E-state index is -0.330. The minimum Gasteiger partial charge on any atom is -0.323 e. The monoisotopic (exact) mass is 180 g/mol. The van der Waals surface area contributed by atoms with Gasteiger partial charge in [0.1, 0.15) is 5.82 Å². The van der Waals surface area contributed by atoms with E-state index in [0.717, 1.165) is 5.56 Å². The Labute approximate surface area is 75.2 Å². The molecule has 0 saturated carbocycles. The van der Waals surface area contributed by atoms with Crippen LogP contribution in [0.2, 0.25) is 0 Å². The first kappa shape index (κ1) is 8.04. The molecule has 0 fully saturated rings. The van der Waals surface area contributed by atoms with Crippen LogP contribution in [0.15, 0.2) is 18.2 Å². The number of urea groups is 1. The molecule has 1 aromatic carbocycles. The molecule has 1 aliphatic rings. The second-order valence-corrected chi connectivity index (χ2v) is 3.09. The number of halogens is 1. The molecule has 0 atom stereocenters. The molecule has 0 unspecified atom stereocenters. The quantitative estimate of drug-likeness (QED) is 0.648. The average Bonchev–Trinajstić information content (AvgIpc) is 2.08. The van der Waals surface area contributed by atoms with E-state index in [0.29, 0.717) is 12.2 Å². The standard InChI is InChI=1S/C9H9FN2O/c1-12-5-6-2-3-7(10)4-8(6)11-9(12)13/h2-4H,5H2,1H3,(H,11,13). The van der Waals surface area contributed by atoms with Gasteiger partial charge in [-0.05, 0) is 17.7 Å². The fourth-order valence-corrected chi connectivity index (χ4v) is 1.34. The molecule has 13 heavy (non-hydrogen) atoms. The van der Waals surface area contributed by atoms with E-state index < -0.39 is 0 Å². The summed E-state index contributed by atoms with van der Waals surface area (Å²) in [7, 11) is 1.70. The molecule has 68 valence electrons. The normalized spacial score (nSPS) is 15.2. The summed E-state index contributed by atoms with van der Waals surface area (Å²) in [4.78, 5) is 12.7. The predicted octanol–water partition coefficient (Wildman–Crippen LogP) is 1.80. The van der Waals surface area contributed by atoms with E-state index >= 15 is 0 Å². The maximum atomic E-state index is 12.8. The lowest BCUT2D eigenvalue weighted by Crippen LogP contribution is -2.35. The Morgan fingerprint density at radius 2 is 2.31 bits per heavy atom. The van der Waals surface area contributed by atoms with Gasteiger partial charge in [0, 0.05) is 13.6 Å². The van der Waals surface area contributed by atoms with Crippen LogP contribution in [0.4, 0.5) is 14.9 Å². The van der Waals surface area contributed by atoms with Crippen LogP contribution in [0.1, 0.15) is 5.56 Å². The first-order chi connectivity index (χ1) is 6.16.